The van der Waals surface area contributed by atoms with Crippen LogP contribution in [-0.2, 0) is 11.2 Å². The lowest BCUT2D eigenvalue weighted by Crippen LogP contribution is -2.27. The van der Waals surface area contributed by atoms with Gasteiger partial charge in [-0.2, -0.15) is 0 Å². The summed E-state index contributed by atoms with van der Waals surface area (Å²) in [5.41, 5.74) is 2.91. The van der Waals surface area contributed by atoms with Gasteiger partial charge in [-0.25, -0.2) is 4.79 Å². The largest absolute Gasteiger partial charge is 0.493 e. The number of benzene rings is 1. The molecule has 1 aromatic carbocycles. The van der Waals surface area contributed by atoms with Gasteiger partial charge in [0, 0.05) is 5.69 Å². The van der Waals surface area contributed by atoms with Crippen LogP contribution in [-0.4, -0.2) is 38.2 Å². The van der Waals surface area contributed by atoms with E-state index in [0.29, 0.717) is 40.4 Å². The molecule has 0 saturated carbocycles. The van der Waals surface area contributed by atoms with E-state index in [2.05, 4.69) is 10.3 Å². The van der Waals surface area contributed by atoms with Gasteiger partial charge < -0.3 is 24.5 Å². The van der Waals surface area contributed by atoms with Crippen molar-refractivity contribution in [3.63, 3.8) is 0 Å². The number of esters is 1. The summed E-state index contributed by atoms with van der Waals surface area (Å²) in [5, 5.41) is 2.95. The van der Waals surface area contributed by atoms with Crippen LogP contribution in [0.3, 0.4) is 0 Å². The molecular weight excluding hydrogens is 348 g/mol. The van der Waals surface area contributed by atoms with Gasteiger partial charge in [0.1, 0.15) is 5.69 Å². The van der Waals surface area contributed by atoms with Crippen molar-refractivity contribution >= 4 is 11.9 Å². The van der Waals surface area contributed by atoms with Gasteiger partial charge in [-0.15, -0.1) is 0 Å². The predicted molar refractivity (Wildman–Crippen MR) is 102 cm³/mol. The van der Waals surface area contributed by atoms with Crippen LogP contribution in [0.1, 0.15) is 57.6 Å². The van der Waals surface area contributed by atoms with E-state index in [1.807, 2.05) is 26.0 Å². The number of rotatable bonds is 7. The Morgan fingerprint density at radius 1 is 1.15 bits per heavy atom. The van der Waals surface area contributed by atoms with E-state index in [0.717, 1.165) is 5.56 Å². The Kier molecular flexibility index (Phi) is 6.50. The number of methoxy groups -OCH3 is 3. The summed E-state index contributed by atoms with van der Waals surface area (Å²) in [7, 11) is 4.46. The molecule has 1 unspecified atom stereocenters. The third-order valence-corrected chi connectivity index (χ3v) is 4.55. The van der Waals surface area contributed by atoms with Gasteiger partial charge in [0.25, 0.3) is 5.91 Å². The number of amides is 1. The SMILES string of the molecule is CCc1[nH]c(C(=O)NC(C)c2ccc(OC)c(OC)c2)c(C)c1C(=O)OC. The first kappa shape index (κ1) is 20.4. The lowest BCUT2D eigenvalue weighted by Gasteiger charge is -2.16. The van der Waals surface area contributed by atoms with Crippen LogP contribution < -0.4 is 14.8 Å². The van der Waals surface area contributed by atoms with Gasteiger partial charge in [0.2, 0.25) is 0 Å². The normalized spacial score (nSPS) is 11.6. The molecule has 0 saturated heterocycles. The Morgan fingerprint density at radius 2 is 1.81 bits per heavy atom. The van der Waals surface area contributed by atoms with Crippen LogP contribution in [0, 0.1) is 6.92 Å². The quantitative estimate of drug-likeness (QED) is 0.727. The predicted octanol–water partition coefficient (Wildman–Crippen LogP) is 3.18. The number of hydrogen-bond acceptors (Lipinski definition) is 5. The Bertz CT molecular complexity index is 841. The van der Waals surface area contributed by atoms with Gasteiger partial charge in [0.15, 0.2) is 11.5 Å². The molecule has 0 bridgehead atoms. The molecular formula is C20H26N2O5. The lowest BCUT2D eigenvalue weighted by molar-refractivity contribution is 0.0599. The molecule has 0 spiro atoms. The number of aromatic amines is 1. The number of carbonyl (C=O) groups excluding carboxylic acids is 2. The van der Waals surface area contributed by atoms with E-state index in [4.69, 9.17) is 14.2 Å². The molecule has 0 aliphatic rings. The monoisotopic (exact) mass is 374 g/mol. The molecule has 1 atom stereocenters. The zero-order valence-corrected chi connectivity index (χ0v) is 16.6. The lowest BCUT2D eigenvalue weighted by atomic mass is 10.1. The van der Waals surface area contributed by atoms with Crippen molar-refractivity contribution in [1.82, 2.24) is 10.3 Å². The van der Waals surface area contributed by atoms with Gasteiger partial charge >= 0.3 is 5.97 Å². The van der Waals surface area contributed by atoms with Gasteiger partial charge in [-0.05, 0) is 43.5 Å². The van der Waals surface area contributed by atoms with E-state index >= 15 is 0 Å². The molecule has 2 N–H and O–H groups in total. The topological polar surface area (TPSA) is 89.7 Å². The number of aromatic nitrogens is 1. The Hall–Kier alpha value is -2.96. The maximum Gasteiger partial charge on any atom is 0.339 e. The van der Waals surface area contributed by atoms with Crippen LogP contribution >= 0.6 is 0 Å². The number of nitrogens with one attached hydrogen (secondary N) is 2. The second-order valence-corrected chi connectivity index (χ2v) is 6.13. The van der Waals surface area contributed by atoms with Crippen molar-refractivity contribution in [3.05, 3.63) is 46.3 Å². The third kappa shape index (κ3) is 4.07. The molecule has 0 radical (unpaired) electrons. The fourth-order valence-corrected chi connectivity index (χ4v) is 3.00. The second-order valence-electron chi connectivity index (χ2n) is 6.13. The summed E-state index contributed by atoms with van der Waals surface area (Å²) < 4.78 is 15.4. The minimum atomic E-state index is -0.451. The van der Waals surface area contributed by atoms with Gasteiger partial charge in [-0.1, -0.05) is 13.0 Å². The van der Waals surface area contributed by atoms with Crippen LogP contribution in [0.4, 0.5) is 0 Å². The summed E-state index contributed by atoms with van der Waals surface area (Å²) in [4.78, 5) is 27.8. The molecule has 2 rings (SSSR count). The Labute approximate surface area is 159 Å². The summed E-state index contributed by atoms with van der Waals surface area (Å²) in [5.74, 6) is 0.468. The van der Waals surface area contributed by atoms with E-state index in [-0.39, 0.29) is 11.9 Å². The molecule has 0 aliphatic carbocycles. The van der Waals surface area contributed by atoms with Crippen molar-refractivity contribution < 1.29 is 23.8 Å². The molecule has 2 aromatic rings. The van der Waals surface area contributed by atoms with E-state index in [1.165, 1.54) is 7.11 Å². The standard InChI is InChI=1S/C20H26N2O5/c1-7-14-17(20(24)27-6)11(2)18(22-14)19(23)21-12(3)13-8-9-15(25-4)16(10-13)26-5/h8-10,12,22H,7H2,1-6H3,(H,21,23). The average Bonchev–Trinajstić information content (AvgIpc) is 3.03. The number of H-pyrrole nitrogens is 1. The fraction of sp³-hybridized carbons (Fsp3) is 0.400. The number of ether oxygens (including phenoxy) is 3. The van der Waals surface area contributed by atoms with Crippen LogP contribution in [0.5, 0.6) is 11.5 Å². The number of carbonyl (C=O) groups is 2. The highest BCUT2D eigenvalue weighted by Gasteiger charge is 2.24. The smallest absolute Gasteiger partial charge is 0.339 e. The fourth-order valence-electron chi connectivity index (χ4n) is 3.00. The Balaban J connectivity index is 2.27. The van der Waals surface area contributed by atoms with Crippen molar-refractivity contribution in [2.45, 2.75) is 33.2 Å². The minimum absolute atomic E-state index is 0.272. The summed E-state index contributed by atoms with van der Waals surface area (Å²) in [6.45, 7) is 5.52. The summed E-state index contributed by atoms with van der Waals surface area (Å²) >= 11 is 0. The highest BCUT2D eigenvalue weighted by atomic mass is 16.5. The molecule has 27 heavy (non-hydrogen) atoms. The zero-order valence-electron chi connectivity index (χ0n) is 16.6. The maximum atomic E-state index is 12.8. The first-order chi connectivity index (χ1) is 12.9. The molecule has 1 aromatic heterocycles. The third-order valence-electron chi connectivity index (χ3n) is 4.55. The molecule has 7 heteroatoms. The highest BCUT2D eigenvalue weighted by Crippen LogP contribution is 2.30. The van der Waals surface area contributed by atoms with E-state index < -0.39 is 5.97 Å². The van der Waals surface area contributed by atoms with Gasteiger partial charge in [-0.3, -0.25) is 4.79 Å². The van der Waals surface area contributed by atoms with E-state index in [9.17, 15) is 9.59 Å². The summed E-state index contributed by atoms with van der Waals surface area (Å²) in [6.07, 6.45) is 0.587. The van der Waals surface area contributed by atoms with Crippen LogP contribution in [0.2, 0.25) is 0 Å². The molecule has 0 aliphatic heterocycles. The van der Waals surface area contributed by atoms with Crippen molar-refractivity contribution in [2.24, 2.45) is 0 Å². The van der Waals surface area contributed by atoms with Crippen LogP contribution in [0.15, 0.2) is 18.2 Å². The number of hydrogen-bond donors (Lipinski definition) is 2. The number of aryl methyl sites for hydroxylation is 1. The minimum Gasteiger partial charge on any atom is -0.493 e. The molecule has 0 fully saturated rings. The van der Waals surface area contributed by atoms with Gasteiger partial charge in [0.05, 0.1) is 32.9 Å². The average molecular weight is 374 g/mol. The zero-order chi connectivity index (χ0) is 20.1. The maximum absolute atomic E-state index is 12.8. The first-order valence-corrected chi connectivity index (χ1v) is 8.70. The van der Waals surface area contributed by atoms with Crippen molar-refractivity contribution in [3.8, 4) is 11.5 Å². The summed E-state index contributed by atoms with van der Waals surface area (Å²) in [6, 6.07) is 5.21. The first-order valence-electron chi connectivity index (χ1n) is 8.70. The van der Waals surface area contributed by atoms with Crippen molar-refractivity contribution in [1.29, 1.82) is 0 Å². The molecule has 7 nitrogen and oxygen atoms in total. The highest BCUT2D eigenvalue weighted by molar-refractivity contribution is 6.00. The second kappa shape index (κ2) is 8.62. The van der Waals surface area contributed by atoms with Crippen LogP contribution in [0.25, 0.3) is 0 Å². The molecule has 1 heterocycles. The van der Waals surface area contributed by atoms with Crippen molar-refractivity contribution in [2.75, 3.05) is 21.3 Å². The molecule has 146 valence electrons. The van der Waals surface area contributed by atoms with E-state index in [1.54, 1.807) is 27.2 Å². The Morgan fingerprint density at radius 3 is 2.37 bits per heavy atom. The molecule has 1 amide bonds.